The van der Waals surface area contributed by atoms with Gasteiger partial charge in [0.2, 0.25) is 0 Å². The van der Waals surface area contributed by atoms with E-state index in [1.807, 2.05) is 30.3 Å². The molecule has 0 unspecified atom stereocenters. The standard InChI is InChI=1S/C23H18FNO4S2/c1-31(28,29)21-9-5-8-19-18(10-11-25-23(19)21)20-13-16(15-6-3-2-4-7-15)12-17(22(20)24)14-30(26)27/h2-13,30H,14H2,1H3. The zero-order valence-corrected chi connectivity index (χ0v) is 18.2. The fourth-order valence-electron chi connectivity index (χ4n) is 3.61. The van der Waals surface area contributed by atoms with Crippen LogP contribution in [0.25, 0.3) is 33.2 Å². The van der Waals surface area contributed by atoms with Gasteiger partial charge in [-0.2, -0.15) is 0 Å². The first-order valence-electron chi connectivity index (χ1n) is 9.33. The molecule has 31 heavy (non-hydrogen) atoms. The predicted octanol–water partition coefficient (Wildman–Crippen LogP) is 4.22. The van der Waals surface area contributed by atoms with Crippen molar-refractivity contribution < 1.29 is 21.2 Å². The van der Waals surface area contributed by atoms with E-state index in [9.17, 15) is 16.8 Å². The molecule has 4 rings (SSSR count). The van der Waals surface area contributed by atoms with E-state index in [2.05, 4.69) is 4.98 Å². The van der Waals surface area contributed by atoms with Crippen LogP contribution in [0.2, 0.25) is 0 Å². The minimum Gasteiger partial charge on any atom is -0.255 e. The van der Waals surface area contributed by atoms with Crippen LogP contribution in [0, 0.1) is 5.82 Å². The summed E-state index contributed by atoms with van der Waals surface area (Å²) >= 11 is 0. The lowest BCUT2D eigenvalue weighted by molar-refractivity contribution is 0.601. The predicted molar refractivity (Wildman–Crippen MR) is 120 cm³/mol. The Hall–Kier alpha value is -3.10. The summed E-state index contributed by atoms with van der Waals surface area (Å²) in [6, 6.07) is 18.7. The van der Waals surface area contributed by atoms with Crippen molar-refractivity contribution in [1.29, 1.82) is 0 Å². The van der Waals surface area contributed by atoms with E-state index >= 15 is 4.39 Å². The summed E-state index contributed by atoms with van der Waals surface area (Å²) in [6.45, 7) is 0. The van der Waals surface area contributed by atoms with Gasteiger partial charge < -0.3 is 0 Å². The molecule has 0 amide bonds. The third-order valence-corrected chi connectivity index (χ3v) is 6.71. The van der Waals surface area contributed by atoms with Crippen molar-refractivity contribution in [3.05, 3.63) is 84.3 Å². The Morgan fingerprint density at radius 3 is 2.32 bits per heavy atom. The van der Waals surface area contributed by atoms with Crippen LogP contribution in [-0.2, 0) is 26.3 Å². The zero-order chi connectivity index (χ0) is 22.2. The molecule has 0 atom stereocenters. The molecular formula is C23H18FNO4S2. The van der Waals surface area contributed by atoms with Crippen molar-refractivity contribution in [3.63, 3.8) is 0 Å². The van der Waals surface area contributed by atoms with Crippen LogP contribution in [0.1, 0.15) is 5.56 Å². The summed E-state index contributed by atoms with van der Waals surface area (Å²) < 4.78 is 62.6. The van der Waals surface area contributed by atoms with Crippen molar-refractivity contribution in [2.75, 3.05) is 6.26 Å². The number of fused-ring (bicyclic) bond motifs is 1. The maximum atomic E-state index is 15.5. The van der Waals surface area contributed by atoms with E-state index < -0.39 is 32.1 Å². The van der Waals surface area contributed by atoms with Gasteiger partial charge in [-0.15, -0.1) is 0 Å². The SMILES string of the molecule is CS(=O)(=O)c1cccc2c(-c3cc(-c4ccccc4)cc(C[SH](=O)=O)c3F)ccnc12. The number of rotatable bonds is 5. The third kappa shape index (κ3) is 4.22. The maximum Gasteiger partial charge on any atom is 0.177 e. The maximum absolute atomic E-state index is 15.5. The van der Waals surface area contributed by atoms with Gasteiger partial charge in [0, 0.05) is 29.0 Å². The quantitative estimate of drug-likeness (QED) is 0.456. The van der Waals surface area contributed by atoms with Gasteiger partial charge in [0.1, 0.15) is 16.5 Å². The molecule has 0 spiro atoms. The number of thiol groups is 1. The highest BCUT2D eigenvalue weighted by atomic mass is 32.2. The molecular weight excluding hydrogens is 437 g/mol. The first kappa shape index (κ1) is 21.1. The average Bonchev–Trinajstić information content (AvgIpc) is 2.74. The summed E-state index contributed by atoms with van der Waals surface area (Å²) in [5, 5.41) is 0.465. The van der Waals surface area contributed by atoms with Gasteiger partial charge in [0.05, 0.1) is 16.2 Å². The topological polar surface area (TPSA) is 81.2 Å². The highest BCUT2D eigenvalue weighted by Gasteiger charge is 2.19. The average molecular weight is 456 g/mol. The molecule has 4 aromatic rings. The lowest BCUT2D eigenvalue weighted by Crippen LogP contribution is -2.01. The first-order chi connectivity index (χ1) is 14.8. The molecule has 1 heterocycles. The van der Waals surface area contributed by atoms with Gasteiger partial charge in [-0.1, -0.05) is 42.5 Å². The smallest absolute Gasteiger partial charge is 0.177 e. The van der Waals surface area contributed by atoms with Gasteiger partial charge in [0.25, 0.3) is 0 Å². The molecule has 0 bridgehead atoms. The van der Waals surface area contributed by atoms with Crippen LogP contribution in [-0.4, -0.2) is 28.1 Å². The summed E-state index contributed by atoms with van der Waals surface area (Å²) in [4.78, 5) is 4.27. The molecule has 0 saturated heterocycles. The monoisotopic (exact) mass is 455 g/mol. The van der Waals surface area contributed by atoms with E-state index in [0.29, 0.717) is 16.5 Å². The number of sulfone groups is 1. The van der Waals surface area contributed by atoms with Crippen LogP contribution < -0.4 is 0 Å². The minimum atomic E-state index is -3.55. The summed E-state index contributed by atoms with van der Waals surface area (Å²) in [5.41, 5.74) is 2.38. The van der Waals surface area contributed by atoms with Crippen molar-refractivity contribution in [2.45, 2.75) is 10.6 Å². The minimum absolute atomic E-state index is 0.0503. The summed E-state index contributed by atoms with van der Waals surface area (Å²) in [7, 11) is -6.39. The number of pyridine rings is 1. The van der Waals surface area contributed by atoms with E-state index in [-0.39, 0.29) is 21.5 Å². The van der Waals surface area contributed by atoms with Crippen molar-refractivity contribution in [1.82, 2.24) is 4.98 Å². The van der Waals surface area contributed by atoms with Crippen LogP contribution in [0.3, 0.4) is 0 Å². The molecule has 0 saturated carbocycles. The van der Waals surface area contributed by atoms with Crippen LogP contribution in [0.15, 0.2) is 77.8 Å². The highest BCUT2D eigenvalue weighted by Crippen LogP contribution is 2.36. The molecule has 5 nitrogen and oxygen atoms in total. The molecule has 0 aliphatic rings. The molecule has 0 fully saturated rings. The Labute approximate surface area is 181 Å². The molecule has 0 aliphatic carbocycles. The van der Waals surface area contributed by atoms with Gasteiger partial charge in [-0.25, -0.2) is 21.2 Å². The molecule has 3 aromatic carbocycles. The van der Waals surface area contributed by atoms with Crippen molar-refractivity contribution >= 4 is 31.4 Å². The fraction of sp³-hybridized carbons (Fsp3) is 0.0870. The number of aromatic nitrogens is 1. The number of nitrogens with zero attached hydrogens (tertiary/aromatic N) is 1. The normalized spacial score (nSPS) is 11.8. The Morgan fingerprint density at radius 1 is 0.903 bits per heavy atom. The molecule has 8 heteroatoms. The second kappa shape index (κ2) is 8.20. The van der Waals surface area contributed by atoms with Crippen LogP contribution >= 0.6 is 0 Å². The molecule has 0 N–H and O–H groups in total. The second-order valence-corrected chi connectivity index (χ2v) is 10.1. The lowest BCUT2D eigenvalue weighted by atomic mass is 9.94. The first-order valence-corrected chi connectivity index (χ1v) is 12.6. The Bertz CT molecular complexity index is 1470. The molecule has 0 aliphatic heterocycles. The summed E-state index contributed by atoms with van der Waals surface area (Å²) in [5.74, 6) is -1.09. The van der Waals surface area contributed by atoms with Crippen molar-refractivity contribution in [3.8, 4) is 22.3 Å². The molecule has 158 valence electrons. The van der Waals surface area contributed by atoms with Gasteiger partial charge in [-0.3, -0.25) is 4.98 Å². The second-order valence-electron chi connectivity index (χ2n) is 7.14. The number of halogens is 1. The lowest BCUT2D eigenvalue weighted by Gasteiger charge is -2.14. The van der Waals surface area contributed by atoms with Crippen LogP contribution in [0.4, 0.5) is 4.39 Å². The van der Waals surface area contributed by atoms with E-state index in [1.54, 1.807) is 24.3 Å². The Kier molecular flexibility index (Phi) is 5.60. The largest absolute Gasteiger partial charge is 0.255 e. The third-order valence-electron chi connectivity index (χ3n) is 4.98. The molecule has 1 aromatic heterocycles. The number of hydrogen-bond donors (Lipinski definition) is 1. The van der Waals surface area contributed by atoms with Crippen LogP contribution in [0.5, 0.6) is 0 Å². The van der Waals surface area contributed by atoms with Gasteiger partial charge in [-0.05, 0) is 41.0 Å². The molecule has 0 radical (unpaired) electrons. The Balaban J connectivity index is 2.05. The fourth-order valence-corrected chi connectivity index (χ4v) is 4.96. The highest BCUT2D eigenvalue weighted by molar-refractivity contribution is 7.91. The van der Waals surface area contributed by atoms with Gasteiger partial charge in [0.15, 0.2) is 9.84 Å². The zero-order valence-electron chi connectivity index (χ0n) is 16.4. The van der Waals surface area contributed by atoms with E-state index in [1.165, 1.54) is 18.3 Å². The van der Waals surface area contributed by atoms with Crippen molar-refractivity contribution in [2.24, 2.45) is 0 Å². The van der Waals surface area contributed by atoms with E-state index in [4.69, 9.17) is 0 Å². The van der Waals surface area contributed by atoms with Gasteiger partial charge >= 0.3 is 0 Å². The number of para-hydroxylation sites is 1. The van der Waals surface area contributed by atoms with E-state index in [0.717, 1.165) is 11.8 Å². The number of benzene rings is 3. The number of hydrogen-bond acceptors (Lipinski definition) is 5. The summed E-state index contributed by atoms with van der Waals surface area (Å²) in [6.07, 6.45) is 2.52. The Morgan fingerprint density at radius 2 is 1.65 bits per heavy atom.